The van der Waals surface area contributed by atoms with Crippen LogP contribution in [0.2, 0.25) is 0 Å². The predicted molar refractivity (Wildman–Crippen MR) is 110 cm³/mol. The number of rotatable bonds is 6. The molecule has 1 atom stereocenters. The highest BCUT2D eigenvalue weighted by Gasteiger charge is 2.30. The maximum atomic E-state index is 13.0. The van der Waals surface area contributed by atoms with Gasteiger partial charge in [-0.15, -0.1) is 0 Å². The van der Waals surface area contributed by atoms with Crippen molar-refractivity contribution in [2.24, 2.45) is 11.8 Å². The summed E-state index contributed by atoms with van der Waals surface area (Å²) in [5, 5.41) is 3.30. The zero-order chi connectivity index (χ0) is 19.2. The van der Waals surface area contributed by atoms with Crippen LogP contribution < -0.4 is 5.32 Å². The largest absolute Gasteiger partial charge is 0.343 e. The summed E-state index contributed by atoms with van der Waals surface area (Å²) in [5.41, 5.74) is 2.71. The average Bonchev–Trinajstić information content (AvgIpc) is 2.67. The van der Waals surface area contributed by atoms with E-state index in [-0.39, 0.29) is 11.9 Å². The molecule has 1 aliphatic heterocycles. The number of nitrogens with one attached hydrogen (secondary N) is 1. The monoisotopic (exact) mass is 365 g/mol. The number of aromatic nitrogens is 1. The molecule has 4 heteroatoms. The van der Waals surface area contributed by atoms with Crippen molar-refractivity contribution in [3.63, 3.8) is 0 Å². The molecule has 1 aromatic heterocycles. The molecule has 0 unspecified atom stereocenters. The lowest BCUT2D eigenvalue weighted by Crippen LogP contribution is -2.42. The lowest BCUT2D eigenvalue weighted by Gasteiger charge is -2.37. The van der Waals surface area contributed by atoms with Gasteiger partial charge in [-0.2, -0.15) is 0 Å². The number of aryl methyl sites for hydroxylation is 1. The SMILES string of the molecule is Cc1ccccc1C(=O)N[C@H](c1ccccn1)C1CCN(CC(C)C)CC1. The van der Waals surface area contributed by atoms with E-state index < -0.39 is 0 Å². The van der Waals surface area contributed by atoms with Gasteiger partial charge in [-0.3, -0.25) is 9.78 Å². The molecule has 1 fully saturated rings. The highest BCUT2D eigenvalue weighted by Crippen LogP contribution is 2.30. The Labute approximate surface area is 163 Å². The number of likely N-dealkylation sites (tertiary alicyclic amines) is 1. The van der Waals surface area contributed by atoms with Gasteiger partial charge in [0, 0.05) is 18.3 Å². The Kier molecular flexibility index (Phi) is 6.62. The Balaban J connectivity index is 1.75. The number of carbonyl (C=O) groups excluding carboxylic acids is 1. The molecule has 144 valence electrons. The molecule has 1 aliphatic rings. The fourth-order valence-electron chi connectivity index (χ4n) is 4.03. The maximum absolute atomic E-state index is 13.0. The fraction of sp³-hybridized carbons (Fsp3) is 0.478. The summed E-state index contributed by atoms with van der Waals surface area (Å²) in [6.45, 7) is 9.85. The normalized spacial score (nSPS) is 17.0. The van der Waals surface area contributed by atoms with E-state index in [1.54, 1.807) is 0 Å². The van der Waals surface area contributed by atoms with Gasteiger partial charge in [-0.05, 0) is 68.5 Å². The van der Waals surface area contributed by atoms with Crippen LogP contribution in [0.1, 0.15) is 54.3 Å². The number of hydrogen-bond donors (Lipinski definition) is 1. The Morgan fingerprint density at radius 3 is 2.48 bits per heavy atom. The zero-order valence-corrected chi connectivity index (χ0v) is 16.7. The van der Waals surface area contributed by atoms with Gasteiger partial charge < -0.3 is 10.2 Å². The summed E-state index contributed by atoms with van der Waals surface area (Å²) in [6, 6.07) is 13.7. The van der Waals surface area contributed by atoms with E-state index in [1.807, 2.05) is 55.6 Å². The van der Waals surface area contributed by atoms with Gasteiger partial charge in [-0.25, -0.2) is 0 Å². The summed E-state index contributed by atoms with van der Waals surface area (Å²) >= 11 is 0. The predicted octanol–water partition coefficient (Wildman–Crippen LogP) is 4.23. The average molecular weight is 366 g/mol. The quantitative estimate of drug-likeness (QED) is 0.833. The minimum atomic E-state index is -0.0421. The van der Waals surface area contributed by atoms with Crippen LogP contribution in [0.15, 0.2) is 48.7 Å². The molecule has 2 aromatic rings. The summed E-state index contributed by atoms with van der Waals surface area (Å²) in [5.74, 6) is 1.10. The van der Waals surface area contributed by atoms with Crippen LogP contribution in [0.3, 0.4) is 0 Å². The first-order chi connectivity index (χ1) is 13.0. The van der Waals surface area contributed by atoms with E-state index in [4.69, 9.17) is 0 Å². The van der Waals surface area contributed by atoms with Crippen molar-refractivity contribution >= 4 is 5.91 Å². The van der Waals surface area contributed by atoms with Crippen LogP contribution in [-0.2, 0) is 0 Å². The van der Waals surface area contributed by atoms with E-state index >= 15 is 0 Å². The van der Waals surface area contributed by atoms with Crippen molar-refractivity contribution in [3.05, 3.63) is 65.5 Å². The standard InChI is InChI=1S/C23H31N3O/c1-17(2)16-26-14-11-19(12-15-26)22(21-10-6-7-13-24-21)25-23(27)20-9-5-4-8-18(20)3/h4-10,13,17,19,22H,11-12,14-16H2,1-3H3,(H,25,27)/t22-/m0/s1. The molecule has 4 nitrogen and oxygen atoms in total. The minimum absolute atomic E-state index is 0.00615. The molecule has 0 aliphatic carbocycles. The second-order valence-corrected chi connectivity index (χ2v) is 8.05. The van der Waals surface area contributed by atoms with Gasteiger partial charge in [0.2, 0.25) is 0 Å². The van der Waals surface area contributed by atoms with Crippen molar-refractivity contribution < 1.29 is 4.79 Å². The van der Waals surface area contributed by atoms with Crippen LogP contribution >= 0.6 is 0 Å². The second kappa shape index (κ2) is 9.14. The topological polar surface area (TPSA) is 45.2 Å². The zero-order valence-electron chi connectivity index (χ0n) is 16.7. The molecular weight excluding hydrogens is 334 g/mol. The smallest absolute Gasteiger partial charge is 0.252 e. The van der Waals surface area contributed by atoms with Crippen molar-refractivity contribution in [2.45, 2.75) is 39.7 Å². The molecule has 27 heavy (non-hydrogen) atoms. The maximum Gasteiger partial charge on any atom is 0.252 e. The van der Waals surface area contributed by atoms with Crippen molar-refractivity contribution in [3.8, 4) is 0 Å². The summed E-state index contributed by atoms with van der Waals surface area (Å²) in [4.78, 5) is 20.1. The molecular formula is C23H31N3O. The van der Waals surface area contributed by atoms with Gasteiger partial charge in [0.05, 0.1) is 11.7 Å². The Morgan fingerprint density at radius 1 is 1.15 bits per heavy atom. The Hall–Kier alpha value is -2.20. The third-order valence-electron chi connectivity index (χ3n) is 5.41. The van der Waals surface area contributed by atoms with E-state index in [2.05, 4.69) is 29.0 Å². The molecule has 2 heterocycles. The number of hydrogen-bond acceptors (Lipinski definition) is 3. The second-order valence-electron chi connectivity index (χ2n) is 8.05. The molecule has 0 radical (unpaired) electrons. The lowest BCUT2D eigenvalue weighted by molar-refractivity contribution is 0.0885. The number of benzene rings is 1. The van der Waals surface area contributed by atoms with Crippen molar-refractivity contribution in [2.75, 3.05) is 19.6 Å². The number of carbonyl (C=O) groups is 1. The van der Waals surface area contributed by atoms with E-state index in [1.165, 1.54) is 0 Å². The number of pyridine rings is 1. The first-order valence-corrected chi connectivity index (χ1v) is 10.0. The van der Waals surface area contributed by atoms with E-state index in [0.29, 0.717) is 11.8 Å². The number of piperidine rings is 1. The highest BCUT2D eigenvalue weighted by molar-refractivity contribution is 5.95. The van der Waals surface area contributed by atoms with Gasteiger partial charge in [0.15, 0.2) is 0 Å². The van der Waals surface area contributed by atoms with Crippen molar-refractivity contribution in [1.29, 1.82) is 0 Å². The van der Waals surface area contributed by atoms with E-state index in [9.17, 15) is 4.79 Å². The van der Waals surface area contributed by atoms with Gasteiger partial charge >= 0.3 is 0 Å². The van der Waals surface area contributed by atoms with Gasteiger partial charge in [0.1, 0.15) is 0 Å². The Morgan fingerprint density at radius 2 is 1.85 bits per heavy atom. The van der Waals surface area contributed by atoms with Crippen LogP contribution in [0.5, 0.6) is 0 Å². The lowest BCUT2D eigenvalue weighted by atomic mass is 9.86. The molecule has 1 saturated heterocycles. The number of nitrogens with zero attached hydrogens (tertiary/aromatic N) is 2. The summed E-state index contributed by atoms with van der Waals surface area (Å²) in [7, 11) is 0. The molecule has 3 rings (SSSR count). The van der Waals surface area contributed by atoms with Crippen LogP contribution in [-0.4, -0.2) is 35.4 Å². The minimum Gasteiger partial charge on any atom is -0.343 e. The fourth-order valence-corrected chi connectivity index (χ4v) is 4.03. The third-order valence-corrected chi connectivity index (χ3v) is 5.41. The van der Waals surface area contributed by atoms with Crippen LogP contribution in [0.25, 0.3) is 0 Å². The first kappa shape index (κ1) is 19.6. The molecule has 1 aromatic carbocycles. The van der Waals surface area contributed by atoms with Crippen LogP contribution in [0, 0.1) is 18.8 Å². The Bertz CT molecular complexity index is 736. The number of amides is 1. The van der Waals surface area contributed by atoms with Gasteiger partial charge in [-0.1, -0.05) is 38.1 Å². The van der Waals surface area contributed by atoms with E-state index in [0.717, 1.165) is 49.3 Å². The third kappa shape index (κ3) is 5.16. The summed E-state index contributed by atoms with van der Waals surface area (Å²) in [6.07, 6.45) is 3.99. The van der Waals surface area contributed by atoms with Crippen LogP contribution in [0.4, 0.5) is 0 Å². The highest BCUT2D eigenvalue weighted by atomic mass is 16.1. The molecule has 1 N–H and O–H groups in total. The van der Waals surface area contributed by atoms with Gasteiger partial charge in [0.25, 0.3) is 5.91 Å². The summed E-state index contributed by atoms with van der Waals surface area (Å²) < 4.78 is 0. The molecule has 0 saturated carbocycles. The molecule has 0 bridgehead atoms. The first-order valence-electron chi connectivity index (χ1n) is 10.0. The molecule has 1 amide bonds. The van der Waals surface area contributed by atoms with Crippen molar-refractivity contribution in [1.82, 2.24) is 15.2 Å². The molecule has 0 spiro atoms.